The number of hydrogen-bond donors (Lipinski definition) is 1. The molecule has 1 aromatic heterocycles. The molecule has 0 saturated carbocycles. The minimum absolute atomic E-state index is 0.121. The van der Waals surface area contributed by atoms with Crippen LogP contribution in [0.15, 0.2) is 30.5 Å². The van der Waals surface area contributed by atoms with E-state index in [1.54, 1.807) is 22.9 Å². The van der Waals surface area contributed by atoms with Crippen LogP contribution in [0.3, 0.4) is 0 Å². The van der Waals surface area contributed by atoms with Gasteiger partial charge in [0.25, 0.3) is 5.91 Å². The van der Waals surface area contributed by atoms with Crippen molar-refractivity contribution in [3.05, 3.63) is 45.9 Å². The third-order valence-electron chi connectivity index (χ3n) is 3.60. The molecule has 1 fully saturated rings. The van der Waals surface area contributed by atoms with Crippen molar-refractivity contribution in [2.45, 2.75) is 19.9 Å². The van der Waals surface area contributed by atoms with E-state index in [1.807, 2.05) is 38.1 Å². The van der Waals surface area contributed by atoms with Crippen LogP contribution in [0, 0.1) is 13.8 Å². The first-order valence-corrected chi connectivity index (χ1v) is 9.20. The second-order valence-electron chi connectivity index (χ2n) is 5.39. The third-order valence-corrected chi connectivity index (χ3v) is 5.51. The van der Waals surface area contributed by atoms with Crippen molar-refractivity contribution in [2.75, 3.05) is 16.9 Å². The molecule has 2 aromatic rings. The number of rotatable bonds is 3. The van der Waals surface area contributed by atoms with Crippen LogP contribution in [0.2, 0.25) is 0 Å². The number of benzene rings is 1. The molecule has 1 atom stereocenters. The number of nitrogens with zero attached hydrogens (tertiary/aromatic N) is 2. The summed E-state index contributed by atoms with van der Waals surface area (Å²) in [6.45, 7) is 3.86. The van der Waals surface area contributed by atoms with Crippen molar-refractivity contribution >= 4 is 40.6 Å². The second kappa shape index (κ2) is 6.72. The first-order chi connectivity index (χ1) is 11.0. The van der Waals surface area contributed by atoms with Crippen LogP contribution < -0.4 is 5.32 Å². The third kappa shape index (κ3) is 3.56. The number of nitrogens with one attached hydrogen (secondary N) is 1. The summed E-state index contributed by atoms with van der Waals surface area (Å²) in [6.07, 6.45) is 1.58. The molecule has 1 saturated heterocycles. The summed E-state index contributed by atoms with van der Waals surface area (Å²) in [6, 6.07) is 7.18. The van der Waals surface area contributed by atoms with Crippen LogP contribution >= 0.6 is 23.1 Å². The molecular formula is C16H17N3O2S2. The van der Waals surface area contributed by atoms with Crippen LogP contribution in [0.4, 0.5) is 5.69 Å². The maximum atomic E-state index is 12.6. The van der Waals surface area contributed by atoms with Crippen molar-refractivity contribution in [3.63, 3.8) is 0 Å². The SMILES string of the molecule is Cc1ccc(NC(=O)[C@H]2CSCN2C(=O)c2cnc(C)s2)cc1. The summed E-state index contributed by atoms with van der Waals surface area (Å²) >= 11 is 2.95. The summed E-state index contributed by atoms with van der Waals surface area (Å²) in [5.41, 5.74) is 1.88. The predicted molar refractivity (Wildman–Crippen MR) is 93.9 cm³/mol. The number of aryl methyl sites for hydroxylation is 2. The van der Waals surface area contributed by atoms with Crippen molar-refractivity contribution < 1.29 is 9.59 Å². The molecule has 1 aromatic carbocycles. The fourth-order valence-electron chi connectivity index (χ4n) is 2.32. The molecule has 1 aliphatic rings. The molecular weight excluding hydrogens is 330 g/mol. The zero-order chi connectivity index (χ0) is 16.4. The Labute approximate surface area is 143 Å². The highest BCUT2D eigenvalue weighted by molar-refractivity contribution is 7.99. The molecule has 1 N–H and O–H groups in total. The lowest BCUT2D eigenvalue weighted by atomic mass is 10.2. The van der Waals surface area contributed by atoms with Gasteiger partial charge in [0.15, 0.2) is 0 Å². The van der Waals surface area contributed by atoms with Gasteiger partial charge in [-0.1, -0.05) is 17.7 Å². The maximum Gasteiger partial charge on any atom is 0.266 e. The highest BCUT2D eigenvalue weighted by Gasteiger charge is 2.35. The van der Waals surface area contributed by atoms with E-state index in [0.29, 0.717) is 16.5 Å². The van der Waals surface area contributed by atoms with E-state index in [0.717, 1.165) is 16.3 Å². The molecule has 23 heavy (non-hydrogen) atoms. The van der Waals surface area contributed by atoms with Gasteiger partial charge in [-0.2, -0.15) is 0 Å². The van der Waals surface area contributed by atoms with Gasteiger partial charge in [-0.3, -0.25) is 9.59 Å². The Kier molecular flexibility index (Phi) is 4.68. The van der Waals surface area contributed by atoms with Crippen LogP contribution in [-0.2, 0) is 4.79 Å². The monoisotopic (exact) mass is 347 g/mol. The van der Waals surface area contributed by atoms with Gasteiger partial charge in [0.05, 0.1) is 17.1 Å². The Morgan fingerprint density at radius 3 is 2.65 bits per heavy atom. The normalized spacial score (nSPS) is 17.3. The van der Waals surface area contributed by atoms with Crippen LogP contribution in [0.5, 0.6) is 0 Å². The molecule has 0 aliphatic carbocycles. The molecule has 120 valence electrons. The average Bonchev–Trinajstić information content (AvgIpc) is 3.17. The lowest BCUT2D eigenvalue weighted by Gasteiger charge is -2.22. The molecule has 2 heterocycles. The molecule has 7 heteroatoms. The average molecular weight is 347 g/mol. The van der Waals surface area contributed by atoms with Gasteiger partial charge in [-0.25, -0.2) is 4.98 Å². The number of amides is 2. The molecule has 0 bridgehead atoms. The Morgan fingerprint density at radius 1 is 1.26 bits per heavy atom. The van der Waals surface area contributed by atoms with E-state index in [4.69, 9.17) is 0 Å². The van der Waals surface area contributed by atoms with Crippen molar-refractivity contribution in [3.8, 4) is 0 Å². The van der Waals surface area contributed by atoms with E-state index in [1.165, 1.54) is 11.3 Å². The zero-order valence-electron chi connectivity index (χ0n) is 12.9. The van der Waals surface area contributed by atoms with Gasteiger partial charge in [-0.15, -0.1) is 23.1 Å². The maximum absolute atomic E-state index is 12.6. The first kappa shape index (κ1) is 16.0. The summed E-state index contributed by atoms with van der Waals surface area (Å²) in [4.78, 5) is 31.4. The number of carbonyl (C=O) groups excluding carboxylic acids is 2. The number of aromatic nitrogens is 1. The number of thiazole rings is 1. The largest absolute Gasteiger partial charge is 0.324 e. The molecule has 2 amide bonds. The van der Waals surface area contributed by atoms with Gasteiger partial charge < -0.3 is 10.2 Å². The van der Waals surface area contributed by atoms with E-state index >= 15 is 0 Å². The van der Waals surface area contributed by atoms with E-state index in [-0.39, 0.29) is 11.8 Å². The van der Waals surface area contributed by atoms with Gasteiger partial charge in [-0.05, 0) is 26.0 Å². The van der Waals surface area contributed by atoms with Crippen LogP contribution in [0.25, 0.3) is 0 Å². The first-order valence-electron chi connectivity index (χ1n) is 7.23. The molecule has 0 unspecified atom stereocenters. The Balaban J connectivity index is 1.71. The zero-order valence-corrected chi connectivity index (χ0v) is 14.5. The Hall–Kier alpha value is -1.86. The minimum Gasteiger partial charge on any atom is -0.324 e. The minimum atomic E-state index is -0.448. The van der Waals surface area contributed by atoms with Crippen LogP contribution in [0.1, 0.15) is 20.2 Å². The van der Waals surface area contributed by atoms with Gasteiger partial charge >= 0.3 is 0 Å². The van der Waals surface area contributed by atoms with Crippen molar-refractivity contribution in [1.29, 1.82) is 0 Å². The summed E-state index contributed by atoms with van der Waals surface area (Å²) in [5.74, 6) is 0.876. The fraction of sp³-hybridized carbons (Fsp3) is 0.312. The van der Waals surface area contributed by atoms with Gasteiger partial charge in [0, 0.05) is 11.4 Å². The molecule has 1 aliphatic heterocycles. The highest BCUT2D eigenvalue weighted by Crippen LogP contribution is 2.26. The number of anilines is 1. The summed E-state index contributed by atoms with van der Waals surface area (Å²) in [5, 5.41) is 3.74. The highest BCUT2D eigenvalue weighted by atomic mass is 32.2. The van der Waals surface area contributed by atoms with E-state index in [2.05, 4.69) is 10.3 Å². The second-order valence-corrected chi connectivity index (χ2v) is 7.62. The number of hydrogen-bond acceptors (Lipinski definition) is 5. The van der Waals surface area contributed by atoms with Gasteiger partial charge in [0.2, 0.25) is 5.91 Å². The van der Waals surface area contributed by atoms with Crippen LogP contribution in [-0.4, -0.2) is 39.4 Å². The smallest absolute Gasteiger partial charge is 0.266 e. The van der Waals surface area contributed by atoms with Crippen molar-refractivity contribution in [2.24, 2.45) is 0 Å². The van der Waals surface area contributed by atoms with Crippen molar-refractivity contribution in [1.82, 2.24) is 9.88 Å². The molecule has 0 spiro atoms. The summed E-state index contributed by atoms with van der Waals surface area (Å²) in [7, 11) is 0. The van der Waals surface area contributed by atoms with E-state index in [9.17, 15) is 9.59 Å². The predicted octanol–water partition coefficient (Wildman–Crippen LogP) is 2.91. The van der Waals surface area contributed by atoms with Gasteiger partial charge in [0.1, 0.15) is 10.9 Å². The lowest BCUT2D eigenvalue weighted by molar-refractivity contribution is -0.119. The standard InChI is InChI=1S/C16H17N3O2S2/c1-10-3-5-12(6-4-10)18-15(20)13-8-22-9-19(13)16(21)14-7-17-11(2)23-14/h3-7,13H,8-9H2,1-2H3,(H,18,20)/t13-/m1/s1. The molecule has 5 nitrogen and oxygen atoms in total. The number of carbonyl (C=O) groups is 2. The lowest BCUT2D eigenvalue weighted by Crippen LogP contribution is -2.44. The topological polar surface area (TPSA) is 62.3 Å². The molecule has 0 radical (unpaired) electrons. The Morgan fingerprint density at radius 2 is 2.00 bits per heavy atom. The Bertz CT molecular complexity index is 727. The van der Waals surface area contributed by atoms with E-state index < -0.39 is 6.04 Å². The number of thioether (sulfide) groups is 1. The quantitative estimate of drug-likeness (QED) is 0.927. The summed E-state index contributed by atoms with van der Waals surface area (Å²) < 4.78 is 0. The molecule has 3 rings (SSSR count). The fourth-order valence-corrected chi connectivity index (χ4v) is 4.21.